The summed E-state index contributed by atoms with van der Waals surface area (Å²) >= 11 is 3.34. The van der Waals surface area contributed by atoms with Crippen molar-refractivity contribution in [2.75, 3.05) is 6.61 Å². The maximum Gasteiger partial charge on any atom is 0.268 e. The second kappa shape index (κ2) is 6.06. The molecule has 0 saturated carbocycles. The highest BCUT2D eigenvalue weighted by molar-refractivity contribution is 9.10. The van der Waals surface area contributed by atoms with Gasteiger partial charge in [-0.15, -0.1) is 0 Å². The van der Waals surface area contributed by atoms with Crippen LogP contribution in [-0.2, 0) is 6.54 Å². The zero-order valence-electron chi connectivity index (χ0n) is 9.53. The Hall–Kier alpha value is -0.810. The van der Waals surface area contributed by atoms with Gasteiger partial charge in [0.25, 0.3) is 5.91 Å². The number of halogens is 1. The standard InChI is InChI=1S/C11H17BrN2O2/c1-3-9(7-15)13-11(16)10-5-8(12)6-14(10)4-2/h5-6,9,15H,3-4,7H2,1-2H3,(H,13,16)/t9-/m0/s1. The van der Waals surface area contributed by atoms with Crippen LogP contribution in [0, 0.1) is 0 Å². The van der Waals surface area contributed by atoms with E-state index >= 15 is 0 Å². The van der Waals surface area contributed by atoms with E-state index in [0.29, 0.717) is 5.69 Å². The monoisotopic (exact) mass is 288 g/mol. The van der Waals surface area contributed by atoms with Gasteiger partial charge in [-0.25, -0.2) is 0 Å². The molecule has 0 bridgehead atoms. The van der Waals surface area contributed by atoms with Gasteiger partial charge in [-0.3, -0.25) is 4.79 Å². The van der Waals surface area contributed by atoms with Crippen LogP contribution in [0.4, 0.5) is 0 Å². The van der Waals surface area contributed by atoms with Crippen LogP contribution in [0.3, 0.4) is 0 Å². The number of aliphatic hydroxyl groups is 1. The Morgan fingerprint density at radius 1 is 1.62 bits per heavy atom. The molecular weight excluding hydrogens is 272 g/mol. The number of aryl methyl sites for hydroxylation is 1. The maximum absolute atomic E-state index is 11.9. The van der Waals surface area contributed by atoms with E-state index < -0.39 is 0 Å². The molecule has 1 heterocycles. The maximum atomic E-state index is 11.9. The number of carbonyl (C=O) groups is 1. The molecule has 0 aliphatic heterocycles. The zero-order chi connectivity index (χ0) is 12.1. The minimum atomic E-state index is -0.175. The summed E-state index contributed by atoms with van der Waals surface area (Å²) in [6.45, 7) is 4.61. The number of nitrogens with one attached hydrogen (secondary N) is 1. The number of rotatable bonds is 5. The minimum Gasteiger partial charge on any atom is -0.394 e. The van der Waals surface area contributed by atoms with Crippen molar-refractivity contribution >= 4 is 21.8 Å². The highest BCUT2D eigenvalue weighted by Crippen LogP contribution is 2.15. The van der Waals surface area contributed by atoms with Crippen molar-refractivity contribution < 1.29 is 9.90 Å². The molecule has 1 atom stereocenters. The second-order valence-electron chi connectivity index (χ2n) is 3.59. The first kappa shape index (κ1) is 13.3. The topological polar surface area (TPSA) is 54.3 Å². The third-order valence-electron chi connectivity index (χ3n) is 2.48. The van der Waals surface area contributed by atoms with Crippen LogP contribution < -0.4 is 5.32 Å². The molecule has 2 N–H and O–H groups in total. The Labute approximate surface area is 104 Å². The summed E-state index contributed by atoms with van der Waals surface area (Å²) in [4.78, 5) is 11.9. The number of aromatic nitrogens is 1. The third-order valence-corrected chi connectivity index (χ3v) is 2.92. The van der Waals surface area contributed by atoms with Crippen LogP contribution in [0.15, 0.2) is 16.7 Å². The minimum absolute atomic E-state index is 0.0315. The molecule has 90 valence electrons. The summed E-state index contributed by atoms with van der Waals surface area (Å²) < 4.78 is 2.75. The Morgan fingerprint density at radius 2 is 2.31 bits per heavy atom. The van der Waals surface area contributed by atoms with Crippen LogP contribution in [0.5, 0.6) is 0 Å². The van der Waals surface area contributed by atoms with Crippen LogP contribution in [-0.4, -0.2) is 28.2 Å². The van der Waals surface area contributed by atoms with Gasteiger partial charge in [-0.2, -0.15) is 0 Å². The predicted molar refractivity (Wildman–Crippen MR) is 66.4 cm³/mol. The Balaban J connectivity index is 2.79. The van der Waals surface area contributed by atoms with E-state index in [1.54, 1.807) is 6.07 Å². The molecule has 1 aromatic heterocycles. The summed E-state index contributed by atoms with van der Waals surface area (Å²) in [6, 6.07) is 1.61. The molecule has 1 rings (SSSR count). The fraction of sp³-hybridized carbons (Fsp3) is 0.545. The fourth-order valence-corrected chi connectivity index (χ4v) is 1.93. The first-order chi connectivity index (χ1) is 7.62. The molecule has 4 nitrogen and oxygen atoms in total. The predicted octanol–water partition coefficient (Wildman–Crippen LogP) is 1.77. The molecule has 16 heavy (non-hydrogen) atoms. The quantitative estimate of drug-likeness (QED) is 0.868. The molecule has 1 aromatic rings. The number of hydrogen-bond donors (Lipinski definition) is 2. The van der Waals surface area contributed by atoms with Gasteiger partial charge >= 0.3 is 0 Å². The van der Waals surface area contributed by atoms with Gasteiger partial charge < -0.3 is 15.0 Å². The van der Waals surface area contributed by atoms with E-state index in [-0.39, 0.29) is 18.6 Å². The first-order valence-corrected chi connectivity index (χ1v) is 6.19. The molecule has 0 saturated heterocycles. The average Bonchev–Trinajstić information content (AvgIpc) is 2.67. The van der Waals surface area contributed by atoms with Crippen LogP contribution in [0.2, 0.25) is 0 Å². The number of aliphatic hydroxyl groups excluding tert-OH is 1. The summed E-state index contributed by atoms with van der Waals surface area (Å²) in [5.74, 6) is -0.145. The molecule has 0 aliphatic rings. The van der Waals surface area contributed by atoms with E-state index in [0.717, 1.165) is 17.4 Å². The first-order valence-electron chi connectivity index (χ1n) is 5.39. The average molecular weight is 289 g/mol. The molecule has 0 unspecified atom stereocenters. The van der Waals surface area contributed by atoms with Gasteiger partial charge in [-0.1, -0.05) is 6.92 Å². The van der Waals surface area contributed by atoms with Crippen LogP contribution >= 0.6 is 15.9 Å². The second-order valence-corrected chi connectivity index (χ2v) is 4.51. The normalized spacial score (nSPS) is 12.5. The molecule has 0 aromatic carbocycles. The van der Waals surface area contributed by atoms with Crippen molar-refractivity contribution in [1.29, 1.82) is 0 Å². The number of carbonyl (C=O) groups excluding carboxylic acids is 1. The lowest BCUT2D eigenvalue weighted by Gasteiger charge is -2.14. The summed E-state index contributed by atoms with van der Waals surface area (Å²) in [7, 11) is 0. The van der Waals surface area contributed by atoms with E-state index in [9.17, 15) is 4.79 Å². The Kier molecular flexibility index (Phi) is 5.02. The molecule has 5 heteroatoms. The molecule has 0 aliphatic carbocycles. The number of amides is 1. The fourth-order valence-electron chi connectivity index (χ4n) is 1.46. The van der Waals surface area contributed by atoms with Crippen molar-refractivity contribution in [3.05, 3.63) is 22.4 Å². The Morgan fingerprint density at radius 3 is 2.81 bits per heavy atom. The van der Waals surface area contributed by atoms with Gasteiger partial charge in [0.15, 0.2) is 0 Å². The van der Waals surface area contributed by atoms with Crippen LogP contribution in [0.1, 0.15) is 30.8 Å². The summed E-state index contributed by atoms with van der Waals surface area (Å²) in [5, 5.41) is 11.8. The third kappa shape index (κ3) is 3.09. The van der Waals surface area contributed by atoms with Crippen molar-refractivity contribution in [2.45, 2.75) is 32.9 Å². The molecule has 0 fully saturated rings. The van der Waals surface area contributed by atoms with Crippen molar-refractivity contribution in [1.82, 2.24) is 9.88 Å². The van der Waals surface area contributed by atoms with Gasteiger partial charge in [0, 0.05) is 17.2 Å². The summed E-state index contributed by atoms with van der Waals surface area (Å²) in [6.07, 6.45) is 2.59. The number of nitrogens with zero attached hydrogens (tertiary/aromatic N) is 1. The lowest BCUT2D eigenvalue weighted by atomic mass is 10.2. The van der Waals surface area contributed by atoms with E-state index in [1.807, 2.05) is 24.6 Å². The van der Waals surface area contributed by atoms with Crippen molar-refractivity contribution in [3.63, 3.8) is 0 Å². The summed E-state index contributed by atoms with van der Waals surface area (Å²) in [5.41, 5.74) is 0.612. The number of hydrogen-bond acceptors (Lipinski definition) is 2. The highest BCUT2D eigenvalue weighted by Gasteiger charge is 2.15. The largest absolute Gasteiger partial charge is 0.394 e. The molecule has 0 radical (unpaired) electrons. The van der Waals surface area contributed by atoms with Crippen LogP contribution in [0.25, 0.3) is 0 Å². The van der Waals surface area contributed by atoms with Gasteiger partial charge in [0.1, 0.15) is 5.69 Å². The smallest absolute Gasteiger partial charge is 0.268 e. The van der Waals surface area contributed by atoms with Gasteiger partial charge in [-0.05, 0) is 35.3 Å². The van der Waals surface area contributed by atoms with Crippen molar-refractivity contribution in [2.24, 2.45) is 0 Å². The SMILES string of the molecule is CC[C@@H](CO)NC(=O)c1cc(Br)cn1CC. The molecule has 1 amide bonds. The van der Waals surface area contributed by atoms with E-state index in [4.69, 9.17) is 5.11 Å². The van der Waals surface area contributed by atoms with Crippen molar-refractivity contribution in [3.8, 4) is 0 Å². The van der Waals surface area contributed by atoms with Gasteiger partial charge in [0.05, 0.1) is 12.6 Å². The lowest BCUT2D eigenvalue weighted by Crippen LogP contribution is -2.37. The van der Waals surface area contributed by atoms with Gasteiger partial charge in [0.2, 0.25) is 0 Å². The van der Waals surface area contributed by atoms with E-state index in [2.05, 4.69) is 21.2 Å². The van der Waals surface area contributed by atoms with E-state index in [1.165, 1.54) is 0 Å². The highest BCUT2D eigenvalue weighted by atomic mass is 79.9. The Bertz CT molecular complexity index is 359. The molecule has 0 spiro atoms. The molecular formula is C11H17BrN2O2. The lowest BCUT2D eigenvalue weighted by molar-refractivity contribution is 0.0905. The zero-order valence-corrected chi connectivity index (χ0v) is 11.1.